The van der Waals surface area contributed by atoms with Gasteiger partial charge in [0, 0.05) is 6.54 Å². The second-order valence-electron chi connectivity index (χ2n) is 5.18. The predicted molar refractivity (Wildman–Crippen MR) is 58.2 cm³/mol. The zero-order valence-electron chi connectivity index (χ0n) is 9.28. The van der Waals surface area contributed by atoms with Crippen LogP contribution in [0, 0.1) is 11.8 Å². The summed E-state index contributed by atoms with van der Waals surface area (Å²) in [4.78, 5) is 2.60. The second kappa shape index (κ2) is 4.63. The van der Waals surface area contributed by atoms with Crippen LogP contribution in [0.15, 0.2) is 0 Å². The minimum atomic E-state index is -0.0964. The third kappa shape index (κ3) is 2.48. The first kappa shape index (κ1) is 10.4. The van der Waals surface area contributed by atoms with Crippen molar-refractivity contribution >= 4 is 0 Å². The first-order chi connectivity index (χ1) is 6.75. The largest absolute Gasteiger partial charge is 0.393 e. The van der Waals surface area contributed by atoms with E-state index in [4.69, 9.17) is 0 Å². The first-order valence-electron chi connectivity index (χ1n) is 6.16. The summed E-state index contributed by atoms with van der Waals surface area (Å²) < 4.78 is 0. The lowest BCUT2D eigenvalue weighted by Gasteiger charge is -2.37. The van der Waals surface area contributed by atoms with E-state index in [0.717, 1.165) is 5.92 Å². The van der Waals surface area contributed by atoms with Gasteiger partial charge in [-0.25, -0.2) is 0 Å². The molecule has 1 unspecified atom stereocenters. The lowest BCUT2D eigenvalue weighted by Crippen LogP contribution is -2.40. The maximum Gasteiger partial charge on any atom is 0.0541 e. The molecule has 82 valence electrons. The normalized spacial score (nSPS) is 28.7. The van der Waals surface area contributed by atoms with Crippen LogP contribution in [-0.4, -0.2) is 35.7 Å². The molecule has 0 bridgehead atoms. The number of aliphatic hydroxyl groups excluding tert-OH is 1. The van der Waals surface area contributed by atoms with Crippen LogP contribution in [0.4, 0.5) is 0 Å². The van der Waals surface area contributed by atoms with Crippen molar-refractivity contribution < 1.29 is 5.11 Å². The molecule has 1 saturated heterocycles. The van der Waals surface area contributed by atoms with E-state index in [1.165, 1.54) is 51.7 Å². The number of rotatable bonds is 3. The topological polar surface area (TPSA) is 23.5 Å². The molecular formula is C12H23NO. The number of likely N-dealkylation sites (tertiary alicyclic amines) is 1. The van der Waals surface area contributed by atoms with Gasteiger partial charge in [-0.1, -0.05) is 6.42 Å². The van der Waals surface area contributed by atoms with Gasteiger partial charge in [0.2, 0.25) is 0 Å². The van der Waals surface area contributed by atoms with Gasteiger partial charge in [-0.05, 0) is 57.5 Å². The highest BCUT2D eigenvalue weighted by molar-refractivity contribution is 4.79. The van der Waals surface area contributed by atoms with E-state index in [0.29, 0.717) is 5.92 Å². The van der Waals surface area contributed by atoms with Gasteiger partial charge < -0.3 is 10.0 Å². The van der Waals surface area contributed by atoms with Crippen LogP contribution in [0.25, 0.3) is 0 Å². The summed E-state index contributed by atoms with van der Waals surface area (Å²) in [6, 6.07) is 0. The molecule has 0 aromatic rings. The Morgan fingerprint density at radius 1 is 1.21 bits per heavy atom. The monoisotopic (exact) mass is 197 g/mol. The highest BCUT2D eigenvalue weighted by Gasteiger charge is 2.26. The number of nitrogens with zero attached hydrogens (tertiary/aromatic N) is 1. The summed E-state index contributed by atoms with van der Waals surface area (Å²) in [6.45, 7) is 5.69. The fourth-order valence-corrected chi connectivity index (χ4v) is 2.66. The molecule has 1 aliphatic heterocycles. The Morgan fingerprint density at radius 3 is 2.29 bits per heavy atom. The van der Waals surface area contributed by atoms with Crippen molar-refractivity contribution in [3.8, 4) is 0 Å². The zero-order chi connectivity index (χ0) is 9.97. The molecule has 2 rings (SSSR count). The van der Waals surface area contributed by atoms with Gasteiger partial charge in [-0.15, -0.1) is 0 Å². The molecule has 2 nitrogen and oxygen atoms in total. The van der Waals surface area contributed by atoms with Crippen molar-refractivity contribution in [3.63, 3.8) is 0 Å². The van der Waals surface area contributed by atoms with Crippen LogP contribution in [0.1, 0.15) is 39.0 Å². The third-order valence-electron chi connectivity index (χ3n) is 4.06. The molecule has 0 aromatic carbocycles. The third-order valence-corrected chi connectivity index (χ3v) is 4.06. The van der Waals surface area contributed by atoms with Crippen LogP contribution < -0.4 is 0 Å². The van der Waals surface area contributed by atoms with E-state index >= 15 is 0 Å². The Morgan fingerprint density at radius 2 is 1.86 bits per heavy atom. The molecular weight excluding hydrogens is 174 g/mol. The van der Waals surface area contributed by atoms with Crippen LogP contribution in [0.3, 0.4) is 0 Å². The molecule has 0 spiro atoms. The average molecular weight is 197 g/mol. The molecule has 1 aliphatic carbocycles. The van der Waals surface area contributed by atoms with Crippen molar-refractivity contribution in [3.05, 3.63) is 0 Å². The van der Waals surface area contributed by atoms with Crippen molar-refractivity contribution in [1.29, 1.82) is 0 Å². The van der Waals surface area contributed by atoms with Crippen LogP contribution in [0.2, 0.25) is 0 Å². The smallest absolute Gasteiger partial charge is 0.0541 e. The van der Waals surface area contributed by atoms with E-state index < -0.39 is 0 Å². The summed E-state index contributed by atoms with van der Waals surface area (Å²) in [5.41, 5.74) is 0. The zero-order valence-corrected chi connectivity index (χ0v) is 9.28. The van der Waals surface area contributed by atoms with E-state index in [-0.39, 0.29) is 6.10 Å². The second-order valence-corrected chi connectivity index (χ2v) is 5.18. The molecule has 0 aromatic heterocycles. The lowest BCUT2D eigenvalue weighted by molar-refractivity contribution is 0.0603. The molecule has 2 heteroatoms. The minimum absolute atomic E-state index is 0.0964. The quantitative estimate of drug-likeness (QED) is 0.746. The number of hydrogen-bond donors (Lipinski definition) is 1. The highest BCUT2D eigenvalue weighted by atomic mass is 16.3. The van der Waals surface area contributed by atoms with Gasteiger partial charge in [0.25, 0.3) is 0 Å². The SMILES string of the molecule is CC(O)C1CCN(CC2CCC2)CC1. The lowest BCUT2D eigenvalue weighted by atomic mass is 9.84. The van der Waals surface area contributed by atoms with Gasteiger partial charge in [0.05, 0.1) is 6.10 Å². The maximum atomic E-state index is 9.48. The first-order valence-corrected chi connectivity index (χ1v) is 6.16. The molecule has 2 fully saturated rings. The van der Waals surface area contributed by atoms with Crippen molar-refractivity contribution in [2.75, 3.05) is 19.6 Å². The summed E-state index contributed by atoms with van der Waals surface area (Å²) in [7, 11) is 0. The number of hydrogen-bond acceptors (Lipinski definition) is 2. The van der Waals surface area contributed by atoms with Crippen molar-refractivity contribution in [2.24, 2.45) is 11.8 Å². The number of piperidine rings is 1. The van der Waals surface area contributed by atoms with E-state index in [1.54, 1.807) is 0 Å². The molecule has 2 aliphatic rings. The Bertz CT molecular complexity index is 169. The van der Waals surface area contributed by atoms with Gasteiger partial charge >= 0.3 is 0 Å². The van der Waals surface area contributed by atoms with Gasteiger partial charge in [-0.3, -0.25) is 0 Å². The van der Waals surface area contributed by atoms with E-state index in [1.807, 2.05) is 6.92 Å². The average Bonchev–Trinajstić information content (AvgIpc) is 2.12. The van der Waals surface area contributed by atoms with Crippen LogP contribution >= 0.6 is 0 Å². The van der Waals surface area contributed by atoms with Gasteiger partial charge in [0.1, 0.15) is 0 Å². The standard InChI is InChI=1S/C12H23NO/c1-10(14)12-5-7-13(8-6-12)9-11-3-2-4-11/h10-12,14H,2-9H2,1H3. The van der Waals surface area contributed by atoms with Gasteiger partial charge in [0.15, 0.2) is 0 Å². The fraction of sp³-hybridized carbons (Fsp3) is 1.00. The maximum absolute atomic E-state index is 9.48. The van der Waals surface area contributed by atoms with Gasteiger partial charge in [-0.2, -0.15) is 0 Å². The Hall–Kier alpha value is -0.0800. The molecule has 1 heterocycles. The fourth-order valence-electron chi connectivity index (χ4n) is 2.66. The molecule has 0 amide bonds. The summed E-state index contributed by atoms with van der Waals surface area (Å²) in [5, 5.41) is 9.48. The molecule has 1 N–H and O–H groups in total. The summed E-state index contributed by atoms with van der Waals surface area (Å²) in [5.74, 6) is 1.56. The van der Waals surface area contributed by atoms with E-state index in [9.17, 15) is 5.11 Å². The van der Waals surface area contributed by atoms with Crippen LogP contribution in [-0.2, 0) is 0 Å². The van der Waals surface area contributed by atoms with E-state index in [2.05, 4.69) is 4.90 Å². The van der Waals surface area contributed by atoms with Crippen molar-refractivity contribution in [1.82, 2.24) is 4.90 Å². The van der Waals surface area contributed by atoms with Crippen LogP contribution in [0.5, 0.6) is 0 Å². The molecule has 1 atom stereocenters. The summed E-state index contributed by atoms with van der Waals surface area (Å²) >= 11 is 0. The highest BCUT2D eigenvalue weighted by Crippen LogP contribution is 2.29. The minimum Gasteiger partial charge on any atom is -0.393 e. The molecule has 14 heavy (non-hydrogen) atoms. The molecule has 1 saturated carbocycles. The number of aliphatic hydroxyl groups is 1. The molecule has 0 radical (unpaired) electrons. The Balaban J connectivity index is 1.67. The Labute approximate surface area is 87.3 Å². The predicted octanol–water partition coefficient (Wildman–Crippen LogP) is 1.88. The Kier molecular flexibility index (Phi) is 3.45. The van der Waals surface area contributed by atoms with Crippen molar-refractivity contribution in [2.45, 2.75) is 45.1 Å². The summed E-state index contributed by atoms with van der Waals surface area (Å²) in [6.07, 6.45) is 6.66.